The van der Waals surface area contributed by atoms with Crippen molar-refractivity contribution in [3.05, 3.63) is 23.8 Å². The third-order valence-electron chi connectivity index (χ3n) is 3.54. The van der Waals surface area contributed by atoms with Gasteiger partial charge in [-0.3, -0.25) is 4.90 Å². The van der Waals surface area contributed by atoms with Crippen LogP contribution in [-0.2, 0) is 6.54 Å². The first-order valence-electron chi connectivity index (χ1n) is 6.53. The molecule has 17 heavy (non-hydrogen) atoms. The normalized spacial score (nSPS) is 20.2. The van der Waals surface area contributed by atoms with E-state index in [-0.39, 0.29) is 0 Å². The highest BCUT2D eigenvalue weighted by molar-refractivity contribution is 5.44. The molecule has 0 unspecified atom stereocenters. The summed E-state index contributed by atoms with van der Waals surface area (Å²) in [5.74, 6) is 1.78. The van der Waals surface area contributed by atoms with Crippen molar-refractivity contribution in [2.75, 3.05) is 19.9 Å². The van der Waals surface area contributed by atoms with Crippen LogP contribution in [0, 0.1) is 0 Å². The molecule has 92 valence electrons. The molecule has 0 saturated carbocycles. The van der Waals surface area contributed by atoms with E-state index in [9.17, 15) is 0 Å². The predicted octanol–water partition coefficient (Wildman–Crippen LogP) is 2.79. The maximum Gasteiger partial charge on any atom is 0.231 e. The van der Waals surface area contributed by atoms with E-state index in [4.69, 9.17) is 9.47 Å². The summed E-state index contributed by atoms with van der Waals surface area (Å²) in [5.41, 5.74) is 1.33. The zero-order chi connectivity index (χ0) is 11.5. The van der Waals surface area contributed by atoms with E-state index in [1.807, 2.05) is 6.07 Å². The van der Waals surface area contributed by atoms with Gasteiger partial charge in [0.2, 0.25) is 6.79 Å². The average molecular weight is 233 g/mol. The summed E-state index contributed by atoms with van der Waals surface area (Å²) >= 11 is 0. The van der Waals surface area contributed by atoms with E-state index in [0.29, 0.717) is 6.79 Å². The van der Waals surface area contributed by atoms with Gasteiger partial charge in [-0.15, -0.1) is 0 Å². The molecule has 1 aromatic carbocycles. The van der Waals surface area contributed by atoms with Crippen LogP contribution in [-0.4, -0.2) is 24.8 Å². The highest BCUT2D eigenvalue weighted by atomic mass is 16.7. The monoisotopic (exact) mass is 233 g/mol. The molecule has 2 aliphatic heterocycles. The summed E-state index contributed by atoms with van der Waals surface area (Å²) < 4.78 is 10.7. The summed E-state index contributed by atoms with van der Waals surface area (Å²) in [7, 11) is 0. The number of nitrogens with zero attached hydrogens (tertiary/aromatic N) is 1. The Hall–Kier alpha value is -1.22. The van der Waals surface area contributed by atoms with Crippen LogP contribution < -0.4 is 9.47 Å². The Morgan fingerprint density at radius 1 is 0.941 bits per heavy atom. The van der Waals surface area contributed by atoms with Crippen molar-refractivity contribution in [3.63, 3.8) is 0 Å². The van der Waals surface area contributed by atoms with Gasteiger partial charge in [-0.25, -0.2) is 0 Å². The molecule has 0 atom stereocenters. The fourth-order valence-corrected chi connectivity index (χ4v) is 2.59. The summed E-state index contributed by atoms with van der Waals surface area (Å²) in [6.45, 7) is 3.86. The standard InChI is InChI=1S/C14H19NO2/c1-2-4-8-15(7-3-1)10-12-5-6-13-14(9-12)17-11-16-13/h5-6,9H,1-4,7-8,10-11H2. The molecule has 0 aliphatic carbocycles. The minimum Gasteiger partial charge on any atom is -0.454 e. The molecule has 0 N–H and O–H groups in total. The third kappa shape index (κ3) is 2.55. The van der Waals surface area contributed by atoms with Crippen molar-refractivity contribution in [1.29, 1.82) is 0 Å². The lowest BCUT2D eigenvalue weighted by Crippen LogP contribution is -2.23. The van der Waals surface area contributed by atoms with Crippen molar-refractivity contribution >= 4 is 0 Å². The van der Waals surface area contributed by atoms with E-state index in [0.717, 1.165) is 18.0 Å². The van der Waals surface area contributed by atoms with Gasteiger partial charge in [-0.2, -0.15) is 0 Å². The van der Waals surface area contributed by atoms with Crippen LogP contribution in [0.1, 0.15) is 31.2 Å². The van der Waals surface area contributed by atoms with Crippen LogP contribution in [0.15, 0.2) is 18.2 Å². The van der Waals surface area contributed by atoms with Gasteiger partial charge in [0.25, 0.3) is 0 Å². The van der Waals surface area contributed by atoms with Crippen LogP contribution in [0.3, 0.4) is 0 Å². The van der Waals surface area contributed by atoms with Gasteiger partial charge in [-0.05, 0) is 43.6 Å². The first kappa shape index (κ1) is 10.9. The highest BCUT2D eigenvalue weighted by Gasteiger charge is 2.15. The van der Waals surface area contributed by atoms with Gasteiger partial charge in [0.1, 0.15) is 0 Å². The highest BCUT2D eigenvalue weighted by Crippen LogP contribution is 2.32. The summed E-state index contributed by atoms with van der Waals surface area (Å²) in [6.07, 6.45) is 5.45. The molecule has 1 aromatic rings. The van der Waals surface area contributed by atoms with Crippen molar-refractivity contribution in [1.82, 2.24) is 4.90 Å². The van der Waals surface area contributed by atoms with Gasteiger partial charge < -0.3 is 9.47 Å². The van der Waals surface area contributed by atoms with Crippen molar-refractivity contribution in [3.8, 4) is 11.5 Å². The van der Waals surface area contributed by atoms with Crippen LogP contribution >= 0.6 is 0 Å². The zero-order valence-electron chi connectivity index (χ0n) is 10.2. The van der Waals surface area contributed by atoms with Crippen molar-refractivity contribution in [2.45, 2.75) is 32.2 Å². The van der Waals surface area contributed by atoms with Gasteiger partial charge in [0.05, 0.1) is 0 Å². The number of likely N-dealkylation sites (tertiary alicyclic amines) is 1. The van der Waals surface area contributed by atoms with E-state index in [1.165, 1.54) is 44.3 Å². The number of hydrogen-bond acceptors (Lipinski definition) is 3. The van der Waals surface area contributed by atoms with E-state index in [2.05, 4.69) is 17.0 Å². The topological polar surface area (TPSA) is 21.7 Å². The Labute approximate surface area is 102 Å². The number of ether oxygens (including phenoxy) is 2. The fraction of sp³-hybridized carbons (Fsp3) is 0.571. The first-order valence-corrected chi connectivity index (χ1v) is 6.53. The number of hydrogen-bond donors (Lipinski definition) is 0. The summed E-state index contributed by atoms with van der Waals surface area (Å²) in [4.78, 5) is 2.55. The SMILES string of the molecule is c1cc2c(cc1CN1CCCCCC1)OCO2. The van der Waals surface area contributed by atoms with Gasteiger partial charge in [0.15, 0.2) is 11.5 Å². The quantitative estimate of drug-likeness (QED) is 0.784. The number of rotatable bonds is 2. The fourth-order valence-electron chi connectivity index (χ4n) is 2.59. The third-order valence-corrected chi connectivity index (χ3v) is 3.54. The van der Waals surface area contributed by atoms with Crippen LogP contribution in [0.4, 0.5) is 0 Å². The molecule has 0 aromatic heterocycles. The Bertz CT molecular complexity index is 384. The molecule has 3 heteroatoms. The average Bonchev–Trinajstić information content (AvgIpc) is 2.65. The maximum atomic E-state index is 5.41. The Morgan fingerprint density at radius 2 is 1.71 bits per heavy atom. The molecular formula is C14H19NO2. The van der Waals surface area contributed by atoms with Gasteiger partial charge in [0, 0.05) is 6.54 Å². The Morgan fingerprint density at radius 3 is 2.53 bits per heavy atom. The van der Waals surface area contributed by atoms with Crippen LogP contribution in [0.2, 0.25) is 0 Å². The first-order chi connectivity index (χ1) is 8.42. The molecule has 1 fully saturated rings. The molecule has 1 saturated heterocycles. The Kier molecular flexibility index (Phi) is 3.18. The largest absolute Gasteiger partial charge is 0.454 e. The molecule has 3 rings (SSSR count). The molecular weight excluding hydrogens is 214 g/mol. The smallest absolute Gasteiger partial charge is 0.231 e. The zero-order valence-corrected chi connectivity index (χ0v) is 10.2. The molecule has 0 radical (unpaired) electrons. The molecule has 2 aliphatic rings. The summed E-state index contributed by atoms with van der Waals surface area (Å²) in [6, 6.07) is 6.29. The van der Waals surface area contributed by atoms with E-state index in [1.54, 1.807) is 0 Å². The van der Waals surface area contributed by atoms with E-state index < -0.39 is 0 Å². The second-order valence-corrected chi connectivity index (χ2v) is 4.88. The number of benzene rings is 1. The van der Waals surface area contributed by atoms with Gasteiger partial charge >= 0.3 is 0 Å². The van der Waals surface area contributed by atoms with Crippen LogP contribution in [0.25, 0.3) is 0 Å². The van der Waals surface area contributed by atoms with Crippen LogP contribution in [0.5, 0.6) is 11.5 Å². The molecule has 0 bridgehead atoms. The lowest BCUT2D eigenvalue weighted by atomic mass is 10.2. The Balaban J connectivity index is 1.67. The predicted molar refractivity (Wildman–Crippen MR) is 66.3 cm³/mol. The second kappa shape index (κ2) is 4.96. The minimum absolute atomic E-state index is 0.364. The number of fused-ring (bicyclic) bond motifs is 1. The maximum absolute atomic E-state index is 5.41. The minimum atomic E-state index is 0.364. The second-order valence-electron chi connectivity index (χ2n) is 4.88. The lowest BCUT2D eigenvalue weighted by molar-refractivity contribution is 0.174. The van der Waals surface area contributed by atoms with Crippen molar-refractivity contribution < 1.29 is 9.47 Å². The summed E-state index contributed by atoms with van der Waals surface area (Å²) in [5, 5.41) is 0. The molecule has 3 nitrogen and oxygen atoms in total. The van der Waals surface area contributed by atoms with Crippen molar-refractivity contribution in [2.24, 2.45) is 0 Å². The molecule has 0 spiro atoms. The van der Waals surface area contributed by atoms with E-state index >= 15 is 0 Å². The molecule has 0 amide bonds. The molecule has 2 heterocycles. The van der Waals surface area contributed by atoms with Gasteiger partial charge in [-0.1, -0.05) is 18.9 Å². The lowest BCUT2D eigenvalue weighted by Gasteiger charge is -2.19.